The number of hydrogen-bond donors (Lipinski definition) is 4. The first-order valence-corrected chi connectivity index (χ1v) is 8.45. The molecule has 136 valence electrons. The molecule has 0 unspecified atom stereocenters. The van der Waals surface area contributed by atoms with Crippen LogP contribution in [-0.4, -0.2) is 40.5 Å². The third-order valence-electron chi connectivity index (χ3n) is 3.83. The van der Waals surface area contributed by atoms with Crippen molar-refractivity contribution in [1.82, 2.24) is 10.6 Å². The molecule has 0 heterocycles. The summed E-state index contributed by atoms with van der Waals surface area (Å²) >= 11 is 0. The van der Waals surface area contributed by atoms with Crippen LogP contribution < -0.4 is 10.6 Å². The second kappa shape index (κ2) is 8.49. The van der Waals surface area contributed by atoms with Crippen molar-refractivity contribution in [3.05, 3.63) is 35.9 Å². The molecule has 1 aromatic rings. The summed E-state index contributed by atoms with van der Waals surface area (Å²) in [5.74, 6) is 0. The zero-order chi connectivity index (χ0) is 18.4. The van der Waals surface area contributed by atoms with Gasteiger partial charge in [-0.05, 0) is 37.7 Å². The van der Waals surface area contributed by atoms with E-state index in [0.717, 1.165) is 12.0 Å². The van der Waals surface area contributed by atoms with E-state index >= 15 is 0 Å². The number of carbonyl (C=O) groups is 1. The first-order valence-electron chi connectivity index (χ1n) is 8.45. The van der Waals surface area contributed by atoms with Gasteiger partial charge in [0, 0.05) is 12.1 Å². The van der Waals surface area contributed by atoms with Gasteiger partial charge in [-0.25, -0.2) is 4.79 Å². The van der Waals surface area contributed by atoms with E-state index in [1.807, 2.05) is 30.3 Å². The van der Waals surface area contributed by atoms with Gasteiger partial charge in [-0.2, -0.15) is 0 Å². The van der Waals surface area contributed by atoms with Gasteiger partial charge in [-0.3, -0.25) is 0 Å². The number of nitrogens with one attached hydrogen (secondary N) is 2. The van der Waals surface area contributed by atoms with Gasteiger partial charge in [-0.15, -0.1) is 0 Å². The number of carboxylic acid groups (broad SMARTS) is 1. The van der Waals surface area contributed by atoms with Crippen LogP contribution in [-0.2, 0) is 6.42 Å². The van der Waals surface area contributed by atoms with Crippen LogP contribution in [0, 0.1) is 5.41 Å². The van der Waals surface area contributed by atoms with E-state index in [-0.39, 0.29) is 11.0 Å². The number of hydrogen-bond acceptors (Lipinski definition) is 3. The SMILES string of the molecule is CC(C)(C)CC(C)(C)NC[C@H](O)[C@H](Cc1ccccc1)NC(=O)O. The second-order valence-corrected chi connectivity index (χ2v) is 8.32. The fourth-order valence-electron chi connectivity index (χ4n) is 3.22. The quantitative estimate of drug-likeness (QED) is 0.588. The molecule has 1 aromatic carbocycles. The Bertz CT molecular complexity index is 509. The van der Waals surface area contributed by atoms with Crippen LogP contribution in [0.4, 0.5) is 4.79 Å². The normalized spacial score (nSPS) is 14.9. The van der Waals surface area contributed by atoms with Crippen molar-refractivity contribution in [3.8, 4) is 0 Å². The fraction of sp³-hybridized carbons (Fsp3) is 0.632. The third-order valence-corrected chi connectivity index (χ3v) is 3.83. The first-order chi connectivity index (χ1) is 11.0. The number of rotatable bonds is 8. The second-order valence-electron chi connectivity index (χ2n) is 8.32. The molecule has 0 aliphatic heterocycles. The van der Waals surface area contributed by atoms with E-state index in [4.69, 9.17) is 5.11 Å². The van der Waals surface area contributed by atoms with Gasteiger partial charge in [0.2, 0.25) is 0 Å². The van der Waals surface area contributed by atoms with Crippen LogP contribution in [0.25, 0.3) is 0 Å². The van der Waals surface area contributed by atoms with E-state index < -0.39 is 18.2 Å². The van der Waals surface area contributed by atoms with Crippen molar-refractivity contribution in [2.75, 3.05) is 6.54 Å². The van der Waals surface area contributed by atoms with Gasteiger partial charge in [0.25, 0.3) is 0 Å². The Hall–Kier alpha value is -1.59. The molecule has 0 spiro atoms. The average molecular weight is 336 g/mol. The van der Waals surface area contributed by atoms with E-state index in [9.17, 15) is 9.90 Å². The first kappa shape index (κ1) is 20.5. The summed E-state index contributed by atoms with van der Waals surface area (Å²) in [6, 6.07) is 9.04. The van der Waals surface area contributed by atoms with Gasteiger partial charge in [0.05, 0.1) is 12.1 Å². The molecule has 0 aliphatic rings. The lowest BCUT2D eigenvalue weighted by Gasteiger charge is -2.35. The molecule has 0 radical (unpaired) electrons. The van der Waals surface area contributed by atoms with Crippen molar-refractivity contribution in [3.63, 3.8) is 0 Å². The third kappa shape index (κ3) is 8.31. The minimum Gasteiger partial charge on any atom is -0.465 e. The van der Waals surface area contributed by atoms with Gasteiger partial charge in [0.1, 0.15) is 0 Å². The molecule has 5 heteroatoms. The predicted molar refractivity (Wildman–Crippen MR) is 97.3 cm³/mol. The van der Waals surface area contributed by atoms with E-state index in [0.29, 0.717) is 13.0 Å². The summed E-state index contributed by atoms with van der Waals surface area (Å²) < 4.78 is 0. The van der Waals surface area contributed by atoms with Gasteiger partial charge < -0.3 is 20.8 Å². The van der Waals surface area contributed by atoms with Crippen molar-refractivity contribution < 1.29 is 15.0 Å². The summed E-state index contributed by atoms with van der Waals surface area (Å²) in [4.78, 5) is 11.1. The van der Waals surface area contributed by atoms with E-state index in [1.165, 1.54) is 0 Å². The van der Waals surface area contributed by atoms with Crippen LogP contribution in [0.15, 0.2) is 30.3 Å². The van der Waals surface area contributed by atoms with E-state index in [2.05, 4.69) is 45.3 Å². The Balaban J connectivity index is 2.67. The summed E-state index contributed by atoms with van der Waals surface area (Å²) in [7, 11) is 0. The Labute approximate surface area is 145 Å². The highest BCUT2D eigenvalue weighted by Crippen LogP contribution is 2.26. The molecule has 5 nitrogen and oxygen atoms in total. The zero-order valence-corrected chi connectivity index (χ0v) is 15.5. The minimum atomic E-state index is -1.12. The Kier molecular flexibility index (Phi) is 7.24. The molecule has 1 rings (SSSR count). The molecule has 0 bridgehead atoms. The number of benzene rings is 1. The maximum absolute atomic E-state index is 11.1. The van der Waals surface area contributed by atoms with Crippen molar-refractivity contribution in [2.24, 2.45) is 5.41 Å². The molecular weight excluding hydrogens is 304 g/mol. The molecule has 0 aliphatic carbocycles. The number of amides is 1. The average Bonchev–Trinajstić information content (AvgIpc) is 2.42. The number of aliphatic hydroxyl groups excluding tert-OH is 1. The topological polar surface area (TPSA) is 81.6 Å². The Morgan fingerprint density at radius 3 is 2.21 bits per heavy atom. The monoisotopic (exact) mass is 336 g/mol. The smallest absolute Gasteiger partial charge is 0.404 e. The summed E-state index contributed by atoms with van der Waals surface area (Å²) in [5, 5.41) is 25.4. The lowest BCUT2D eigenvalue weighted by atomic mass is 9.81. The number of β-amino-alcohol motifs (C(OH)–C–C–N with tert-alkyl or cyclic N) is 1. The molecule has 0 aromatic heterocycles. The largest absolute Gasteiger partial charge is 0.465 e. The lowest BCUT2D eigenvalue weighted by Crippen LogP contribution is -2.52. The molecular formula is C19H32N2O3. The van der Waals surface area contributed by atoms with Crippen LogP contribution in [0.1, 0.15) is 46.6 Å². The molecule has 1 amide bonds. The van der Waals surface area contributed by atoms with Crippen molar-refractivity contribution >= 4 is 6.09 Å². The highest BCUT2D eigenvalue weighted by atomic mass is 16.4. The summed E-state index contributed by atoms with van der Waals surface area (Å²) in [5.41, 5.74) is 1.02. The molecule has 0 saturated heterocycles. The van der Waals surface area contributed by atoms with Gasteiger partial charge in [0.15, 0.2) is 0 Å². The Morgan fingerprint density at radius 2 is 1.71 bits per heavy atom. The molecule has 24 heavy (non-hydrogen) atoms. The van der Waals surface area contributed by atoms with Crippen LogP contribution in [0.5, 0.6) is 0 Å². The van der Waals surface area contributed by atoms with Gasteiger partial charge in [-0.1, -0.05) is 51.1 Å². The molecule has 0 saturated carbocycles. The summed E-state index contributed by atoms with van der Waals surface area (Å²) in [6.45, 7) is 11.1. The molecule has 4 N–H and O–H groups in total. The van der Waals surface area contributed by atoms with Crippen molar-refractivity contribution in [2.45, 2.75) is 65.1 Å². The van der Waals surface area contributed by atoms with Crippen LogP contribution >= 0.6 is 0 Å². The highest BCUT2D eigenvalue weighted by molar-refractivity contribution is 5.65. The van der Waals surface area contributed by atoms with E-state index in [1.54, 1.807) is 0 Å². The fourth-order valence-corrected chi connectivity index (χ4v) is 3.22. The number of aliphatic hydroxyl groups is 1. The molecule has 2 atom stereocenters. The molecule has 0 fully saturated rings. The Morgan fingerprint density at radius 1 is 1.12 bits per heavy atom. The van der Waals surface area contributed by atoms with Crippen LogP contribution in [0.3, 0.4) is 0 Å². The summed E-state index contributed by atoms with van der Waals surface area (Å²) in [6.07, 6.45) is -0.525. The van der Waals surface area contributed by atoms with Crippen molar-refractivity contribution in [1.29, 1.82) is 0 Å². The minimum absolute atomic E-state index is 0.139. The van der Waals surface area contributed by atoms with Crippen LogP contribution in [0.2, 0.25) is 0 Å². The zero-order valence-electron chi connectivity index (χ0n) is 15.5. The standard InChI is InChI=1S/C19H32N2O3/c1-18(2,3)13-19(4,5)20-12-16(22)15(21-17(23)24)11-14-9-7-6-8-10-14/h6-10,15-16,20-22H,11-13H2,1-5H3,(H,23,24)/t15-,16-/m0/s1. The lowest BCUT2D eigenvalue weighted by molar-refractivity contribution is 0.105. The maximum Gasteiger partial charge on any atom is 0.404 e. The maximum atomic E-state index is 11.1. The van der Waals surface area contributed by atoms with Gasteiger partial charge >= 0.3 is 6.09 Å². The highest BCUT2D eigenvalue weighted by Gasteiger charge is 2.28. The predicted octanol–water partition coefficient (Wildman–Crippen LogP) is 3.03.